The molecule has 0 fully saturated rings. The van der Waals surface area contributed by atoms with Crippen LogP contribution in [0.25, 0.3) is 0 Å². The van der Waals surface area contributed by atoms with Gasteiger partial charge in [0.1, 0.15) is 4.32 Å². The third kappa shape index (κ3) is 1.92. The van der Waals surface area contributed by atoms with E-state index in [0.29, 0.717) is 0 Å². The number of hydrogen-bond acceptors (Lipinski definition) is 2. The van der Waals surface area contributed by atoms with Crippen molar-refractivity contribution >= 4 is 31.9 Å². The Morgan fingerprint density at radius 2 is 1.60 bits per heavy atom. The van der Waals surface area contributed by atoms with E-state index in [2.05, 4.69) is 31.9 Å². The van der Waals surface area contributed by atoms with Gasteiger partial charge in [-0.05, 0) is 13.8 Å². The molecular weight excluding hydrogens is 266 g/mol. The summed E-state index contributed by atoms with van der Waals surface area (Å²) in [4.78, 5) is 10.0. The van der Waals surface area contributed by atoms with Crippen molar-refractivity contribution in [3.8, 4) is 0 Å². The van der Waals surface area contributed by atoms with Crippen LogP contribution in [0.4, 0.5) is 0 Å². The van der Waals surface area contributed by atoms with Crippen LogP contribution in [0.2, 0.25) is 0 Å². The molecule has 60 valence electrons. The monoisotopic (exact) mass is 273 g/mol. The molecule has 0 N–H and O–H groups in total. The molecule has 0 spiro atoms. The van der Waals surface area contributed by atoms with E-state index in [0.717, 1.165) is 0 Å². The standard InChI is InChI=1S/C5H9Br2NO2/c1-4(2,6)5(3,7)8(9)10/h1-3H3. The van der Waals surface area contributed by atoms with Crippen LogP contribution in [0.3, 0.4) is 0 Å². The fourth-order valence-electron chi connectivity index (χ4n) is 0.217. The SMILES string of the molecule is CC(C)(Br)C(C)(Br)[N+](=O)[O-]. The van der Waals surface area contributed by atoms with Gasteiger partial charge < -0.3 is 0 Å². The Hall–Kier alpha value is 0.360. The normalized spacial score (nSPS) is 18.1. The second-order valence-corrected chi connectivity index (χ2v) is 6.21. The van der Waals surface area contributed by atoms with Crippen LogP contribution in [-0.2, 0) is 0 Å². The van der Waals surface area contributed by atoms with Crippen molar-refractivity contribution in [3.63, 3.8) is 0 Å². The molecule has 10 heavy (non-hydrogen) atoms. The van der Waals surface area contributed by atoms with Gasteiger partial charge in [-0.15, -0.1) is 0 Å². The van der Waals surface area contributed by atoms with E-state index in [1.165, 1.54) is 6.92 Å². The summed E-state index contributed by atoms with van der Waals surface area (Å²) in [7, 11) is 0. The van der Waals surface area contributed by atoms with Crippen LogP contribution in [-0.4, -0.2) is 13.7 Å². The average molecular weight is 275 g/mol. The van der Waals surface area contributed by atoms with Crippen LogP contribution in [0.15, 0.2) is 0 Å². The Bertz CT molecular complexity index is 150. The maximum absolute atomic E-state index is 10.4. The van der Waals surface area contributed by atoms with Gasteiger partial charge in [0, 0.05) is 27.8 Å². The molecule has 0 saturated carbocycles. The summed E-state index contributed by atoms with van der Waals surface area (Å²) in [5.74, 6) is 0. The number of alkyl halides is 2. The summed E-state index contributed by atoms with van der Waals surface area (Å²) >= 11 is 6.23. The Balaban J connectivity index is 4.57. The van der Waals surface area contributed by atoms with E-state index in [-0.39, 0.29) is 4.92 Å². The van der Waals surface area contributed by atoms with Crippen molar-refractivity contribution in [1.29, 1.82) is 0 Å². The van der Waals surface area contributed by atoms with Crippen molar-refractivity contribution in [2.75, 3.05) is 0 Å². The molecule has 0 aliphatic rings. The Morgan fingerprint density at radius 1 is 1.30 bits per heavy atom. The van der Waals surface area contributed by atoms with Gasteiger partial charge in [0.05, 0.1) is 0 Å². The minimum Gasteiger partial charge on any atom is -0.263 e. The topological polar surface area (TPSA) is 43.1 Å². The summed E-state index contributed by atoms with van der Waals surface area (Å²) < 4.78 is -1.66. The van der Waals surface area contributed by atoms with E-state index < -0.39 is 8.77 Å². The molecule has 0 saturated heterocycles. The lowest BCUT2D eigenvalue weighted by Crippen LogP contribution is -2.44. The van der Waals surface area contributed by atoms with Gasteiger partial charge in [0.25, 0.3) is 4.45 Å². The molecular formula is C5H9Br2NO2. The average Bonchev–Trinajstić information content (AvgIpc) is 1.62. The number of rotatable bonds is 2. The molecule has 1 unspecified atom stereocenters. The molecule has 0 bridgehead atoms. The van der Waals surface area contributed by atoms with E-state index in [1.807, 2.05) is 0 Å². The highest BCUT2D eigenvalue weighted by Gasteiger charge is 2.48. The predicted octanol–water partition coefficient (Wildman–Crippen LogP) is 2.55. The number of halogens is 2. The fourth-order valence-corrected chi connectivity index (χ4v) is 0.362. The first-order chi connectivity index (χ1) is 4.19. The predicted molar refractivity (Wildman–Crippen MR) is 47.3 cm³/mol. The fraction of sp³-hybridized carbons (Fsp3) is 1.00. The first kappa shape index (κ1) is 10.4. The molecule has 0 aromatic rings. The second-order valence-electron chi connectivity index (χ2n) is 2.68. The molecule has 5 heteroatoms. The van der Waals surface area contributed by atoms with Gasteiger partial charge >= 0.3 is 0 Å². The van der Waals surface area contributed by atoms with E-state index in [1.54, 1.807) is 13.8 Å². The number of hydrogen-bond donors (Lipinski definition) is 0. The number of nitrogens with zero attached hydrogens (tertiary/aromatic N) is 1. The van der Waals surface area contributed by atoms with Crippen molar-refractivity contribution in [2.45, 2.75) is 29.5 Å². The lowest BCUT2D eigenvalue weighted by molar-refractivity contribution is -0.535. The summed E-state index contributed by atoms with van der Waals surface area (Å²) in [6.45, 7) is 5.00. The Labute approximate surface area is 76.6 Å². The van der Waals surface area contributed by atoms with Crippen molar-refractivity contribution < 1.29 is 4.92 Å². The highest BCUT2D eigenvalue weighted by Crippen LogP contribution is 2.37. The molecule has 0 aromatic carbocycles. The summed E-state index contributed by atoms with van der Waals surface area (Å²) in [5.41, 5.74) is 0. The smallest absolute Gasteiger partial charge is 0.263 e. The van der Waals surface area contributed by atoms with Crippen molar-refractivity contribution in [3.05, 3.63) is 10.1 Å². The lowest BCUT2D eigenvalue weighted by Gasteiger charge is -2.25. The largest absolute Gasteiger partial charge is 0.286 e. The maximum atomic E-state index is 10.4. The van der Waals surface area contributed by atoms with Gasteiger partial charge in [-0.25, -0.2) is 0 Å². The molecule has 3 nitrogen and oxygen atoms in total. The van der Waals surface area contributed by atoms with Gasteiger partial charge in [0.15, 0.2) is 0 Å². The van der Waals surface area contributed by atoms with E-state index in [4.69, 9.17) is 0 Å². The second kappa shape index (κ2) is 2.77. The highest BCUT2D eigenvalue weighted by atomic mass is 79.9. The van der Waals surface area contributed by atoms with Crippen LogP contribution in [0, 0.1) is 10.1 Å². The molecule has 1 atom stereocenters. The van der Waals surface area contributed by atoms with E-state index in [9.17, 15) is 10.1 Å². The zero-order chi connectivity index (χ0) is 8.58. The molecule has 0 radical (unpaired) electrons. The Kier molecular flexibility index (Phi) is 2.87. The molecule has 0 aliphatic heterocycles. The van der Waals surface area contributed by atoms with Crippen LogP contribution in [0.5, 0.6) is 0 Å². The summed E-state index contributed by atoms with van der Waals surface area (Å²) in [5, 5.41) is 10.4. The zero-order valence-corrected chi connectivity index (χ0v) is 9.19. The van der Waals surface area contributed by atoms with Crippen LogP contribution >= 0.6 is 31.9 Å². The third-order valence-corrected chi connectivity index (χ3v) is 4.01. The maximum Gasteiger partial charge on any atom is 0.286 e. The molecule has 0 aromatic heterocycles. The van der Waals surface area contributed by atoms with Gasteiger partial charge in [-0.2, -0.15) is 0 Å². The summed E-state index contributed by atoms with van der Waals surface area (Å²) in [6.07, 6.45) is 0. The summed E-state index contributed by atoms with van der Waals surface area (Å²) in [6, 6.07) is 0. The minimum atomic E-state index is -1.11. The van der Waals surface area contributed by atoms with Gasteiger partial charge in [0.2, 0.25) is 0 Å². The van der Waals surface area contributed by atoms with Crippen LogP contribution < -0.4 is 0 Å². The zero-order valence-electron chi connectivity index (χ0n) is 6.02. The highest BCUT2D eigenvalue weighted by molar-refractivity contribution is 9.12. The molecule has 0 rings (SSSR count). The van der Waals surface area contributed by atoms with Gasteiger partial charge in [-0.1, -0.05) is 15.9 Å². The molecule has 0 heterocycles. The Morgan fingerprint density at radius 3 is 1.60 bits per heavy atom. The minimum absolute atomic E-state index is 0.359. The quantitative estimate of drug-likeness (QED) is 0.336. The number of nitro groups is 1. The van der Waals surface area contributed by atoms with Crippen LogP contribution in [0.1, 0.15) is 20.8 Å². The first-order valence-corrected chi connectivity index (χ1v) is 4.30. The first-order valence-electron chi connectivity index (χ1n) is 2.72. The van der Waals surface area contributed by atoms with Gasteiger partial charge in [-0.3, -0.25) is 10.1 Å². The lowest BCUT2D eigenvalue weighted by atomic mass is 10.1. The molecule has 0 amide bonds. The van der Waals surface area contributed by atoms with Crippen molar-refractivity contribution in [2.24, 2.45) is 0 Å². The van der Waals surface area contributed by atoms with E-state index >= 15 is 0 Å². The third-order valence-electron chi connectivity index (χ3n) is 1.43. The molecule has 0 aliphatic carbocycles. The van der Waals surface area contributed by atoms with Crippen molar-refractivity contribution in [1.82, 2.24) is 0 Å².